The van der Waals surface area contributed by atoms with Crippen LogP contribution < -0.4 is 0 Å². The lowest BCUT2D eigenvalue weighted by atomic mass is 10.2. The summed E-state index contributed by atoms with van der Waals surface area (Å²) in [5.41, 5.74) is 2.43. The van der Waals surface area contributed by atoms with Crippen molar-refractivity contribution in [3.8, 4) is 0 Å². The summed E-state index contributed by atoms with van der Waals surface area (Å²) in [6, 6.07) is 0. The molecule has 1 heteroatoms. The van der Waals surface area contributed by atoms with E-state index < -0.39 is 0 Å². The average molecular weight is 110 g/mol. The summed E-state index contributed by atoms with van der Waals surface area (Å²) in [7, 11) is 0. The Morgan fingerprint density at radius 3 is 2.88 bits per heavy atom. The molecule has 0 aromatic rings. The molecule has 0 N–H and O–H groups in total. The smallest absolute Gasteiger partial charge is 0.163 e. The molecule has 0 rings (SSSR count). The second-order valence-corrected chi connectivity index (χ2v) is 1.56. The second kappa shape index (κ2) is 4.35. The zero-order valence-corrected chi connectivity index (χ0v) is 5.11. The fraction of sp³-hybridized carbons (Fsp3) is 0.429. The number of ketones is 1. The molecule has 0 saturated heterocycles. The van der Waals surface area contributed by atoms with E-state index in [0.29, 0.717) is 6.42 Å². The number of allylic oxidation sites excluding steroid dienone is 1. The van der Waals surface area contributed by atoms with Crippen molar-refractivity contribution in [2.24, 2.45) is 0 Å². The van der Waals surface area contributed by atoms with Gasteiger partial charge in [-0.3, -0.25) is 4.79 Å². The lowest BCUT2D eigenvalue weighted by Gasteiger charge is -1.82. The number of carbonyl (C=O) groups excluding carboxylic acids is 1. The summed E-state index contributed by atoms with van der Waals surface area (Å²) in [5, 5.41) is 0. The minimum Gasteiger partial charge on any atom is -0.294 e. The zero-order chi connectivity index (χ0) is 6.41. The first-order chi connectivity index (χ1) is 3.81. The number of rotatable bonds is 3. The van der Waals surface area contributed by atoms with Gasteiger partial charge < -0.3 is 0 Å². The Morgan fingerprint density at radius 1 is 1.88 bits per heavy atom. The Bertz CT molecular complexity index is 118. The van der Waals surface area contributed by atoms with Gasteiger partial charge in [-0.15, -0.1) is 5.73 Å². The van der Waals surface area contributed by atoms with Crippen LogP contribution in [0.25, 0.3) is 0 Å². The third kappa shape index (κ3) is 3.38. The van der Waals surface area contributed by atoms with Crippen LogP contribution in [0, 0.1) is 0 Å². The van der Waals surface area contributed by atoms with Gasteiger partial charge in [-0.25, -0.2) is 0 Å². The van der Waals surface area contributed by atoms with Gasteiger partial charge in [0.2, 0.25) is 0 Å². The third-order valence-electron chi connectivity index (χ3n) is 0.759. The van der Waals surface area contributed by atoms with Crippen LogP contribution >= 0.6 is 0 Å². The zero-order valence-electron chi connectivity index (χ0n) is 5.11. The second-order valence-electron chi connectivity index (χ2n) is 1.56. The van der Waals surface area contributed by atoms with Crippen LogP contribution in [-0.2, 0) is 4.79 Å². The van der Waals surface area contributed by atoms with Crippen LogP contribution in [0.4, 0.5) is 0 Å². The minimum atomic E-state index is 0.113. The van der Waals surface area contributed by atoms with E-state index in [-0.39, 0.29) is 5.78 Å². The lowest BCUT2D eigenvalue weighted by Crippen LogP contribution is -1.87. The van der Waals surface area contributed by atoms with Gasteiger partial charge in [0.15, 0.2) is 5.78 Å². The number of hydrogen-bond donors (Lipinski definition) is 0. The molecule has 0 aromatic carbocycles. The monoisotopic (exact) mass is 110 g/mol. The van der Waals surface area contributed by atoms with E-state index in [2.05, 4.69) is 12.3 Å². The lowest BCUT2D eigenvalue weighted by molar-refractivity contribution is -0.114. The van der Waals surface area contributed by atoms with Gasteiger partial charge in [0.1, 0.15) is 0 Å². The SMILES string of the molecule is C=C=CC(=O)CCC. The van der Waals surface area contributed by atoms with Gasteiger partial charge in [-0.05, 0) is 6.42 Å². The first kappa shape index (κ1) is 7.19. The fourth-order valence-electron chi connectivity index (χ4n) is 0.432. The molecule has 0 aromatic heterocycles. The van der Waals surface area contributed by atoms with E-state index in [4.69, 9.17) is 0 Å². The highest BCUT2D eigenvalue weighted by molar-refractivity contribution is 5.89. The molecule has 1 nitrogen and oxygen atoms in total. The summed E-state index contributed by atoms with van der Waals surface area (Å²) in [6.07, 6.45) is 2.89. The molecule has 0 aliphatic heterocycles. The summed E-state index contributed by atoms with van der Waals surface area (Å²) in [6.45, 7) is 5.25. The molecule has 0 bridgehead atoms. The molecule has 8 heavy (non-hydrogen) atoms. The highest BCUT2D eigenvalue weighted by Crippen LogP contribution is 1.87. The van der Waals surface area contributed by atoms with Crippen LogP contribution in [-0.4, -0.2) is 5.78 Å². The van der Waals surface area contributed by atoms with Crippen molar-refractivity contribution in [3.05, 3.63) is 18.4 Å². The van der Waals surface area contributed by atoms with E-state index >= 15 is 0 Å². The normalized spacial score (nSPS) is 7.62. The quantitative estimate of drug-likeness (QED) is 0.399. The summed E-state index contributed by atoms with van der Waals surface area (Å²) in [4.78, 5) is 10.5. The Labute approximate surface area is 49.7 Å². The molecule has 44 valence electrons. The van der Waals surface area contributed by atoms with Crippen LogP contribution in [0.2, 0.25) is 0 Å². The standard InChI is InChI=1S/C7H10O/c1-3-5-7(8)6-4-2/h5H,1,4,6H2,2H3. The van der Waals surface area contributed by atoms with Crippen molar-refractivity contribution in [2.75, 3.05) is 0 Å². The first-order valence-corrected chi connectivity index (χ1v) is 2.70. The largest absolute Gasteiger partial charge is 0.294 e. The first-order valence-electron chi connectivity index (χ1n) is 2.70. The van der Waals surface area contributed by atoms with Gasteiger partial charge in [0.25, 0.3) is 0 Å². The van der Waals surface area contributed by atoms with Crippen molar-refractivity contribution >= 4 is 5.78 Å². The molecule has 0 fully saturated rings. The Balaban J connectivity index is 3.49. The number of hydrogen-bond acceptors (Lipinski definition) is 1. The summed E-state index contributed by atoms with van der Waals surface area (Å²) >= 11 is 0. The summed E-state index contributed by atoms with van der Waals surface area (Å²) < 4.78 is 0. The van der Waals surface area contributed by atoms with E-state index in [0.717, 1.165) is 6.42 Å². The van der Waals surface area contributed by atoms with Gasteiger partial charge in [-0.1, -0.05) is 13.5 Å². The predicted molar refractivity (Wildman–Crippen MR) is 33.6 cm³/mol. The Hall–Kier alpha value is -0.810. The predicted octanol–water partition coefficient (Wildman–Crippen LogP) is 1.70. The van der Waals surface area contributed by atoms with Gasteiger partial charge >= 0.3 is 0 Å². The van der Waals surface area contributed by atoms with Gasteiger partial charge in [0, 0.05) is 12.5 Å². The van der Waals surface area contributed by atoms with Crippen LogP contribution in [0.5, 0.6) is 0 Å². The van der Waals surface area contributed by atoms with Crippen molar-refractivity contribution in [1.29, 1.82) is 0 Å². The number of carbonyl (C=O) groups is 1. The molecular weight excluding hydrogens is 100 g/mol. The molecule has 0 radical (unpaired) electrons. The van der Waals surface area contributed by atoms with Crippen LogP contribution in [0.15, 0.2) is 18.4 Å². The van der Waals surface area contributed by atoms with E-state index in [1.54, 1.807) is 0 Å². The van der Waals surface area contributed by atoms with Crippen LogP contribution in [0.3, 0.4) is 0 Å². The van der Waals surface area contributed by atoms with Crippen molar-refractivity contribution in [2.45, 2.75) is 19.8 Å². The van der Waals surface area contributed by atoms with Gasteiger partial charge in [0.05, 0.1) is 0 Å². The molecule has 0 aliphatic rings. The highest BCUT2D eigenvalue weighted by atomic mass is 16.1. The fourth-order valence-corrected chi connectivity index (χ4v) is 0.432. The topological polar surface area (TPSA) is 17.1 Å². The van der Waals surface area contributed by atoms with E-state index in [1.165, 1.54) is 6.08 Å². The van der Waals surface area contributed by atoms with Crippen molar-refractivity contribution in [1.82, 2.24) is 0 Å². The van der Waals surface area contributed by atoms with E-state index in [9.17, 15) is 4.79 Å². The third-order valence-corrected chi connectivity index (χ3v) is 0.759. The maximum absolute atomic E-state index is 10.5. The minimum absolute atomic E-state index is 0.113. The Morgan fingerprint density at radius 2 is 2.50 bits per heavy atom. The van der Waals surface area contributed by atoms with Crippen molar-refractivity contribution in [3.63, 3.8) is 0 Å². The molecule has 0 heterocycles. The van der Waals surface area contributed by atoms with E-state index in [1.807, 2.05) is 6.92 Å². The maximum Gasteiger partial charge on any atom is 0.163 e. The van der Waals surface area contributed by atoms with Gasteiger partial charge in [-0.2, -0.15) is 0 Å². The Kier molecular flexibility index (Phi) is 3.91. The maximum atomic E-state index is 10.5. The molecule has 0 unspecified atom stereocenters. The molecule has 0 atom stereocenters. The average Bonchev–Trinajstić information content (AvgIpc) is 1.68. The molecule has 0 aliphatic carbocycles. The molecule has 0 spiro atoms. The molecule has 0 amide bonds. The van der Waals surface area contributed by atoms with Crippen LogP contribution in [0.1, 0.15) is 19.8 Å². The summed E-state index contributed by atoms with van der Waals surface area (Å²) in [5.74, 6) is 0.113. The van der Waals surface area contributed by atoms with Crippen molar-refractivity contribution < 1.29 is 4.79 Å². The highest BCUT2D eigenvalue weighted by Gasteiger charge is 1.89. The molecular formula is C7H10O. The molecule has 0 saturated carbocycles.